The van der Waals surface area contributed by atoms with Crippen molar-refractivity contribution in [3.8, 4) is 5.88 Å². The first-order valence-electron chi connectivity index (χ1n) is 8.12. The van der Waals surface area contributed by atoms with Gasteiger partial charge in [0.05, 0.1) is 23.0 Å². The van der Waals surface area contributed by atoms with E-state index in [9.17, 15) is 4.79 Å². The second-order valence-electron chi connectivity index (χ2n) is 5.82. The maximum absolute atomic E-state index is 12.2. The zero-order valence-corrected chi connectivity index (χ0v) is 15.6. The molecule has 8 nitrogen and oxygen atoms in total. The van der Waals surface area contributed by atoms with Crippen LogP contribution in [0.5, 0.6) is 5.88 Å². The largest absolute Gasteiger partial charge is 0.473 e. The maximum atomic E-state index is 12.2. The number of anilines is 2. The Bertz CT molecular complexity index is 940. The number of nitrogens with one attached hydrogen (secondary N) is 2. The quantitative estimate of drug-likeness (QED) is 0.570. The molecule has 136 valence electrons. The van der Waals surface area contributed by atoms with Crippen molar-refractivity contribution in [1.82, 2.24) is 20.3 Å². The average molecular weight is 372 g/mol. The van der Waals surface area contributed by atoms with Gasteiger partial charge in [-0.1, -0.05) is 0 Å². The van der Waals surface area contributed by atoms with E-state index >= 15 is 0 Å². The number of nitrogens with zero attached hydrogens (tertiary/aromatic N) is 3. The fourth-order valence-electron chi connectivity index (χ4n) is 2.49. The Labute approximate surface area is 154 Å². The number of hydrogen-bond donors (Lipinski definition) is 3. The Morgan fingerprint density at radius 2 is 2.15 bits per heavy atom. The highest BCUT2D eigenvalue weighted by molar-refractivity contribution is 7.20. The van der Waals surface area contributed by atoms with Gasteiger partial charge < -0.3 is 21.1 Å². The van der Waals surface area contributed by atoms with Crippen molar-refractivity contribution in [2.75, 3.05) is 12.0 Å². The zero-order chi connectivity index (χ0) is 18.7. The summed E-state index contributed by atoms with van der Waals surface area (Å²) in [4.78, 5) is 26.4. The van der Waals surface area contributed by atoms with Crippen LogP contribution in [0.1, 0.15) is 29.1 Å². The van der Waals surface area contributed by atoms with Gasteiger partial charge in [0.25, 0.3) is 5.91 Å². The van der Waals surface area contributed by atoms with E-state index in [0.29, 0.717) is 22.3 Å². The maximum Gasteiger partial charge on any atom is 0.262 e. The molecular formula is C17H20N6O2S. The molecule has 0 saturated heterocycles. The summed E-state index contributed by atoms with van der Waals surface area (Å²) < 4.78 is 5.74. The number of aryl methyl sites for hydroxylation is 1. The summed E-state index contributed by atoms with van der Waals surface area (Å²) in [6, 6.07) is 3.68. The van der Waals surface area contributed by atoms with Crippen LogP contribution in [0.2, 0.25) is 0 Å². The number of thiophene rings is 1. The smallest absolute Gasteiger partial charge is 0.262 e. The standard InChI is InChI=1S/C17H20N6O2S/c1-9(2)25-16-11(5-4-6-19-16)23-14-12-10(3)13(15(24)20-7-18)26-17(12)22-8-21-14/h4-6,8-9H,7,18H2,1-3H3,(H,20,24)(H,21,22,23). The SMILES string of the molecule is Cc1c(C(=O)NCN)sc2ncnc(Nc3cccnc3OC(C)C)c12. The van der Waals surface area contributed by atoms with E-state index in [1.54, 1.807) is 6.20 Å². The number of hydrogen-bond acceptors (Lipinski definition) is 8. The third-order valence-corrected chi connectivity index (χ3v) is 4.77. The van der Waals surface area contributed by atoms with E-state index in [1.165, 1.54) is 17.7 Å². The highest BCUT2D eigenvalue weighted by Crippen LogP contribution is 2.35. The summed E-state index contributed by atoms with van der Waals surface area (Å²) in [5.74, 6) is 0.865. The lowest BCUT2D eigenvalue weighted by atomic mass is 10.2. The molecule has 3 heterocycles. The third kappa shape index (κ3) is 3.58. The van der Waals surface area contributed by atoms with Crippen LogP contribution in [0, 0.1) is 6.92 Å². The third-order valence-electron chi connectivity index (χ3n) is 3.57. The Hall–Kier alpha value is -2.78. The van der Waals surface area contributed by atoms with E-state index in [-0.39, 0.29) is 18.7 Å². The van der Waals surface area contributed by atoms with Crippen molar-refractivity contribution in [1.29, 1.82) is 0 Å². The normalized spacial score (nSPS) is 11.0. The molecule has 0 aliphatic rings. The zero-order valence-electron chi connectivity index (χ0n) is 14.7. The summed E-state index contributed by atoms with van der Waals surface area (Å²) in [6.07, 6.45) is 3.12. The molecule has 3 aromatic rings. The number of carbonyl (C=O) groups is 1. The predicted octanol–water partition coefficient (Wildman–Crippen LogP) is 2.57. The first kappa shape index (κ1) is 18.0. The molecule has 1 amide bonds. The highest BCUT2D eigenvalue weighted by atomic mass is 32.1. The molecule has 0 aromatic carbocycles. The van der Waals surface area contributed by atoms with Gasteiger partial charge in [-0.05, 0) is 38.5 Å². The molecule has 3 rings (SSSR count). The molecule has 0 radical (unpaired) electrons. The molecule has 0 fully saturated rings. The minimum Gasteiger partial charge on any atom is -0.473 e. The van der Waals surface area contributed by atoms with E-state index in [0.717, 1.165) is 15.8 Å². The van der Waals surface area contributed by atoms with Crippen LogP contribution in [0.25, 0.3) is 10.2 Å². The predicted molar refractivity (Wildman–Crippen MR) is 102 cm³/mol. The summed E-state index contributed by atoms with van der Waals surface area (Å²) in [7, 11) is 0. The second kappa shape index (κ2) is 7.63. The lowest BCUT2D eigenvalue weighted by molar-refractivity contribution is 0.0958. The Morgan fingerprint density at radius 3 is 2.88 bits per heavy atom. The van der Waals surface area contributed by atoms with E-state index in [2.05, 4.69) is 25.6 Å². The molecule has 0 aliphatic heterocycles. The molecule has 26 heavy (non-hydrogen) atoms. The number of aromatic nitrogens is 3. The molecule has 0 aliphatic carbocycles. The van der Waals surface area contributed by atoms with Gasteiger partial charge in [0.2, 0.25) is 5.88 Å². The van der Waals surface area contributed by atoms with Gasteiger partial charge in [-0.25, -0.2) is 15.0 Å². The van der Waals surface area contributed by atoms with Gasteiger partial charge in [-0.2, -0.15) is 0 Å². The lowest BCUT2D eigenvalue weighted by Crippen LogP contribution is -2.29. The van der Waals surface area contributed by atoms with Crippen LogP contribution in [-0.2, 0) is 0 Å². The van der Waals surface area contributed by atoms with Crippen molar-refractivity contribution < 1.29 is 9.53 Å². The molecule has 9 heteroatoms. The molecule has 4 N–H and O–H groups in total. The monoisotopic (exact) mass is 372 g/mol. The van der Waals surface area contributed by atoms with Crippen LogP contribution >= 0.6 is 11.3 Å². The summed E-state index contributed by atoms with van der Waals surface area (Å²) >= 11 is 1.31. The number of fused-ring (bicyclic) bond motifs is 1. The molecule has 0 atom stereocenters. The van der Waals surface area contributed by atoms with Crippen molar-refractivity contribution in [3.05, 3.63) is 35.1 Å². The Balaban J connectivity index is 2.03. The molecule has 0 saturated carbocycles. The van der Waals surface area contributed by atoms with Crippen LogP contribution in [0.4, 0.5) is 11.5 Å². The van der Waals surface area contributed by atoms with Gasteiger partial charge >= 0.3 is 0 Å². The number of nitrogens with two attached hydrogens (primary N) is 1. The Morgan fingerprint density at radius 1 is 1.35 bits per heavy atom. The molecule has 0 unspecified atom stereocenters. The van der Waals surface area contributed by atoms with Crippen LogP contribution in [-0.4, -0.2) is 33.6 Å². The molecule has 0 spiro atoms. The van der Waals surface area contributed by atoms with Gasteiger partial charge in [0.15, 0.2) is 0 Å². The van der Waals surface area contributed by atoms with E-state index in [4.69, 9.17) is 10.5 Å². The summed E-state index contributed by atoms with van der Waals surface area (Å²) in [6.45, 7) is 5.82. The average Bonchev–Trinajstić information content (AvgIpc) is 2.94. The van der Waals surface area contributed by atoms with E-state index < -0.39 is 0 Å². The number of carbonyl (C=O) groups excluding carboxylic acids is 1. The van der Waals surface area contributed by atoms with Crippen molar-refractivity contribution in [2.24, 2.45) is 5.73 Å². The van der Waals surface area contributed by atoms with Crippen molar-refractivity contribution in [2.45, 2.75) is 26.9 Å². The first-order chi connectivity index (χ1) is 12.5. The van der Waals surface area contributed by atoms with Crippen LogP contribution in [0.15, 0.2) is 24.7 Å². The number of amides is 1. The molecular weight excluding hydrogens is 352 g/mol. The highest BCUT2D eigenvalue weighted by Gasteiger charge is 2.19. The number of pyridine rings is 1. The number of ether oxygens (including phenoxy) is 1. The first-order valence-corrected chi connectivity index (χ1v) is 8.94. The minimum atomic E-state index is -0.218. The fourth-order valence-corrected chi connectivity index (χ4v) is 3.55. The topological polar surface area (TPSA) is 115 Å². The van der Waals surface area contributed by atoms with Crippen LogP contribution in [0.3, 0.4) is 0 Å². The lowest BCUT2D eigenvalue weighted by Gasteiger charge is -2.14. The fraction of sp³-hybridized carbons (Fsp3) is 0.294. The van der Waals surface area contributed by atoms with Gasteiger partial charge in [-0.15, -0.1) is 11.3 Å². The molecule has 0 bridgehead atoms. The summed E-state index contributed by atoms with van der Waals surface area (Å²) in [5.41, 5.74) is 6.91. The van der Waals surface area contributed by atoms with Gasteiger partial charge in [-0.3, -0.25) is 4.79 Å². The van der Waals surface area contributed by atoms with Crippen LogP contribution < -0.4 is 21.1 Å². The van der Waals surface area contributed by atoms with Crippen molar-refractivity contribution >= 4 is 39.0 Å². The minimum absolute atomic E-state index is 0.00897. The van der Waals surface area contributed by atoms with E-state index in [1.807, 2.05) is 32.9 Å². The second-order valence-corrected chi connectivity index (χ2v) is 6.82. The van der Waals surface area contributed by atoms with Gasteiger partial charge in [0.1, 0.15) is 22.7 Å². The Kier molecular flexibility index (Phi) is 5.29. The number of rotatable bonds is 6. The van der Waals surface area contributed by atoms with Crippen molar-refractivity contribution in [3.63, 3.8) is 0 Å². The summed E-state index contributed by atoms with van der Waals surface area (Å²) in [5, 5.41) is 6.66. The van der Waals surface area contributed by atoms with Gasteiger partial charge in [0, 0.05) is 6.20 Å². The molecule has 3 aromatic heterocycles.